The highest BCUT2D eigenvalue weighted by Crippen LogP contribution is 2.50. The Kier molecular flexibility index (Phi) is 6.14. The van der Waals surface area contributed by atoms with Crippen molar-refractivity contribution < 1.29 is 27.9 Å². The number of alkyl halides is 3. The van der Waals surface area contributed by atoms with Gasteiger partial charge in [0.1, 0.15) is 5.69 Å². The third-order valence-corrected chi connectivity index (χ3v) is 6.10. The molecule has 0 aliphatic heterocycles. The van der Waals surface area contributed by atoms with Crippen molar-refractivity contribution in [2.24, 2.45) is 16.9 Å². The van der Waals surface area contributed by atoms with Gasteiger partial charge in [-0.1, -0.05) is 12.1 Å². The van der Waals surface area contributed by atoms with Crippen molar-refractivity contribution in [2.75, 3.05) is 0 Å². The van der Waals surface area contributed by atoms with Gasteiger partial charge in [0.15, 0.2) is 0 Å². The zero-order valence-electron chi connectivity index (χ0n) is 17.4. The second-order valence-electron chi connectivity index (χ2n) is 7.94. The zero-order chi connectivity index (χ0) is 24.6. The molecule has 1 aromatic heterocycles. The molecule has 174 valence electrons. The molecule has 2 aromatic rings. The van der Waals surface area contributed by atoms with E-state index in [2.05, 4.69) is 21.4 Å². The maximum atomic E-state index is 13.6. The number of nitrogens with two attached hydrogens (primary N) is 2. The fraction of sp³-hybridized carbons (Fsp3) is 0.381. The van der Waals surface area contributed by atoms with Gasteiger partial charge in [-0.2, -0.15) is 18.4 Å². The lowest BCUT2D eigenvalue weighted by atomic mass is 9.59. The van der Waals surface area contributed by atoms with E-state index in [1.54, 1.807) is 6.92 Å². The van der Waals surface area contributed by atoms with Crippen LogP contribution >= 0.6 is 0 Å². The Morgan fingerprint density at radius 2 is 2.06 bits per heavy atom. The Bertz CT molecular complexity index is 1120. The van der Waals surface area contributed by atoms with E-state index in [1.807, 2.05) is 0 Å². The molecule has 1 fully saturated rings. The number of primary amides is 1. The van der Waals surface area contributed by atoms with E-state index in [-0.39, 0.29) is 17.7 Å². The van der Waals surface area contributed by atoms with E-state index in [0.717, 1.165) is 12.1 Å². The molecule has 1 heterocycles. The molecule has 0 spiro atoms. The quantitative estimate of drug-likeness (QED) is 0.499. The number of halogens is 3. The first-order chi connectivity index (χ1) is 15.4. The van der Waals surface area contributed by atoms with Gasteiger partial charge in [0.2, 0.25) is 0 Å². The Morgan fingerprint density at radius 3 is 2.52 bits per heavy atom. The lowest BCUT2D eigenvalue weighted by Crippen LogP contribution is -2.57. The van der Waals surface area contributed by atoms with Gasteiger partial charge in [-0.15, -0.1) is 0 Å². The smallest absolute Gasteiger partial charge is 0.369 e. The molecule has 9 nitrogen and oxygen atoms in total. The normalized spacial score (nSPS) is 22.9. The van der Waals surface area contributed by atoms with Crippen LogP contribution in [-0.2, 0) is 10.4 Å². The van der Waals surface area contributed by atoms with E-state index in [1.165, 1.54) is 24.7 Å². The second-order valence-corrected chi connectivity index (χ2v) is 7.94. The largest absolute Gasteiger partial charge is 0.430 e. The summed E-state index contributed by atoms with van der Waals surface area (Å²) in [4.78, 5) is 32.2. The summed E-state index contributed by atoms with van der Waals surface area (Å²) in [5.41, 5.74) is 5.25. The number of hydrogen-bond donors (Lipinski definition) is 4. The molecule has 2 amide bonds. The van der Waals surface area contributed by atoms with Crippen LogP contribution in [0.15, 0.2) is 36.8 Å². The molecule has 3 rings (SSSR count). The number of aliphatic hydroxyl groups is 1. The van der Waals surface area contributed by atoms with Crippen molar-refractivity contribution in [3.05, 3.63) is 59.2 Å². The van der Waals surface area contributed by atoms with Gasteiger partial charge in [-0.25, -0.2) is 4.98 Å². The lowest BCUT2D eigenvalue weighted by molar-refractivity contribution is -0.255. The molecule has 0 bridgehead atoms. The van der Waals surface area contributed by atoms with E-state index < -0.39 is 46.7 Å². The number of carbonyl (C=O) groups excluding carboxylic acids is 2. The van der Waals surface area contributed by atoms with Gasteiger partial charge in [0.25, 0.3) is 17.4 Å². The van der Waals surface area contributed by atoms with Crippen molar-refractivity contribution in [2.45, 2.75) is 43.6 Å². The van der Waals surface area contributed by atoms with E-state index in [4.69, 9.17) is 11.5 Å². The zero-order valence-corrected chi connectivity index (χ0v) is 17.4. The summed E-state index contributed by atoms with van der Waals surface area (Å²) in [6.07, 6.45) is -0.880. The van der Waals surface area contributed by atoms with Crippen LogP contribution in [-0.4, -0.2) is 39.1 Å². The van der Waals surface area contributed by atoms with E-state index in [9.17, 15) is 33.1 Å². The topological polar surface area (TPSA) is 168 Å². The minimum absolute atomic E-state index is 0.0744. The van der Waals surface area contributed by atoms with Crippen LogP contribution in [0.3, 0.4) is 0 Å². The van der Waals surface area contributed by atoms with Gasteiger partial charge >= 0.3 is 6.18 Å². The summed E-state index contributed by atoms with van der Waals surface area (Å²) in [5, 5.41) is 22.8. The van der Waals surface area contributed by atoms with Crippen LogP contribution < -0.4 is 16.8 Å². The summed E-state index contributed by atoms with van der Waals surface area (Å²) in [7, 11) is 0. The highest BCUT2D eigenvalue weighted by atomic mass is 19.4. The van der Waals surface area contributed by atoms with Gasteiger partial charge in [-0.3, -0.25) is 14.6 Å². The molecule has 0 radical (unpaired) electrons. The summed E-state index contributed by atoms with van der Waals surface area (Å²) in [6, 6.07) is 3.31. The minimum Gasteiger partial charge on any atom is -0.369 e. The third-order valence-electron chi connectivity index (χ3n) is 6.10. The molecule has 12 heteroatoms. The van der Waals surface area contributed by atoms with Crippen molar-refractivity contribution in [1.82, 2.24) is 15.3 Å². The van der Waals surface area contributed by atoms with Gasteiger partial charge in [0, 0.05) is 24.0 Å². The minimum atomic E-state index is -5.41. The number of nitrogens with one attached hydrogen (secondary N) is 1. The summed E-state index contributed by atoms with van der Waals surface area (Å²) >= 11 is 0. The molecule has 0 saturated heterocycles. The monoisotopic (exact) mass is 462 g/mol. The highest BCUT2D eigenvalue weighted by Gasteiger charge is 2.60. The van der Waals surface area contributed by atoms with Crippen LogP contribution in [0.1, 0.15) is 46.1 Å². The molecular formula is C21H21F3N6O3. The molecule has 1 aliphatic rings. The number of aryl methyl sites for hydroxylation is 1. The molecule has 33 heavy (non-hydrogen) atoms. The molecular weight excluding hydrogens is 441 g/mol. The van der Waals surface area contributed by atoms with Crippen molar-refractivity contribution in [3.8, 4) is 6.07 Å². The van der Waals surface area contributed by atoms with Crippen LogP contribution in [0.5, 0.6) is 0 Å². The Morgan fingerprint density at radius 1 is 1.36 bits per heavy atom. The Balaban J connectivity index is 2.17. The molecule has 6 N–H and O–H groups in total. The number of hydrogen-bond acceptors (Lipinski definition) is 7. The number of aromatic nitrogens is 2. The number of benzene rings is 1. The number of carbonyl (C=O) groups is 2. The Labute approximate surface area is 186 Å². The predicted molar refractivity (Wildman–Crippen MR) is 108 cm³/mol. The van der Waals surface area contributed by atoms with Crippen molar-refractivity contribution in [1.29, 1.82) is 5.26 Å². The van der Waals surface area contributed by atoms with Gasteiger partial charge < -0.3 is 21.9 Å². The van der Waals surface area contributed by atoms with Crippen molar-refractivity contribution >= 4 is 11.8 Å². The lowest BCUT2D eigenvalue weighted by Gasteiger charge is -2.48. The molecule has 4 atom stereocenters. The summed E-state index contributed by atoms with van der Waals surface area (Å²) in [5.74, 6) is -2.74. The van der Waals surface area contributed by atoms with Crippen LogP contribution in [0, 0.1) is 23.7 Å². The number of nitrogens with zero attached hydrogens (tertiary/aromatic N) is 3. The van der Waals surface area contributed by atoms with Crippen LogP contribution in [0.4, 0.5) is 13.2 Å². The summed E-state index contributed by atoms with van der Waals surface area (Å²) < 4.78 is 40.9. The first kappa shape index (κ1) is 24.1. The molecule has 1 saturated carbocycles. The molecule has 4 unspecified atom stereocenters. The fourth-order valence-corrected chi connectivity index (χ4v) is 3.91. The standard InChI is InChI=1S/C21H21F3N6O3/c1-11-2-3-12(20(33,18(27)32)21(22,23)24)8-13(11)16(19(10-25)5-4-15(19)26)30-17(31)14-9-28-6-7-29-14/h2-3,6-9,15-16,33H,4-5,26H2,1H3,(H2,27,32)(H,30,31). The predicted octanol–water partition coefficient (Wildman–Crippen LogP) is 1.12. The van der Waals surface area contributed by atoms with Crippen molar-refractivity contribution in [3.63, 3.8) is 0 Å². The van der Waals surface area contributed by atoms with E-state index in [0.29, 0.717) is 12.0 Å². The van der Waals surface area contributed by atoms with Crippen LogP contribution in [0.2, 0.25) is 0 Å². The molecule has 1 aromatic carbocycles. The SMILES string of the molecule is Cc1ccc(C(O)(C(N)=O)C(F)(F)F)cc1C(NC(=O)c1cnccn1)C1(C#N)CCC1N. The first-order valence-electron chi connectivity index (χ1n) is 9.82. The second kappa shape index (κ2) is 8.42. The molecule has 1 aliphatic carbocycles. The fourth-order valence-electron chi connectivity index (χ4n) is 3.91. The van der Waals surface area contributed by atoms with Crippen LogP contribution in [0.25, 0.3) is 0 Å². The highest BCUT2D eigenvalue weighted by molar-refractivity contribution is 5.92. The number of amides is 2. The third kappa shape index (κ3) is 3.90. The first-order valence-corrected chi connectivity index (χ1v) is 9.82. The average molecular weight is 462 g/mol. The van der Waals surface area contributed by atoms with E-state index >= 15 is 0 Å². The number of rotatable bonds is 6. The average Bonchev–Trinajstić information content (AvgIpc) is 2.77. The Hall–Kier alpha value is -3.56. The maximum absolute atomic E-state index is 13.6. The summed E-state index contributed by atoms with van der Waals surface area (Å²) in [6.45, 7) is 1.55. The maximum Gasteiger partial charge on any atom is 0.430 e. The number of nitriles is 1. The van der Waals surface area contributed by atoms with Gasteiger partial charge in [-0.05, 0) is 37.0 Å². The van der Waals surface area contributed by atoms with Gasteiger partial charge in [0.05, 0.1) is 23.7 Å².